The van der Waals surface area contributed by atoms with Gasteiger partial charge in [0.1, 0.15) is 5.78 Å². The molecule has 14 heavy (non-hydrogen) atoms. The number of carbonyl (C=O) groups excluding carboxylic acids is 1. The average Bonchev–Trinajstić information content (AvgIpc) is 2.18. The number of rotatable bonds is 0. The van der Waals surface area contributed by atoms with Gasteiger partial charge in [0.25, 0.3) is 0 Å². The Morgan fingerprint density at radius 1 is 1.07 bits per heavy atom. The van der Waals surface area contributed by atoms with Crippen molar-refractivity contribution in [1.82, 2.24) is 0 Å². The van der Waals surface area contributed by atoms with Gasteiger partial charge in [-0.25, -0.2) is 0 Å². The monoisotopic (exact) mass is 190 g/mol. The van der Waals surface area contributed by atoms with E-state index in [1.165, 1.54) is 44.1 Å². The van der Waals surface area contributed by atoms with Gasteiger partial charge in [0.05, 0.1) is 0 Å². The predicted octanol–water partition coefficient (Wildman–Crippen LogP) is 3.10. The van der Waals surface area contributed by atoms with Gasteiger partial charge in [-0.3, -0.25) is 4.79 Å². The molecule has 0 heterocycles. The second-order valence-corrected chi connectivity index (χ2v) is 5.15. The molecule has 3 aliphatic rings. The molecule has 0 amide bonds. The maximum absolute atomic E-state index is 12.0. The molecular formula is C13H18O. The zero-order valence-electron chi connectivity index (χ0n) is 8.67. The Bertz CT molecular complexity index is 290. The molecule has 0 saturated heterocycles. The van der Waals surface area contributed by atoms with Crippen LogP contribution in [0, 0.1) is 17.8 Å². The van der Waals surface area contributed by atoms with Crippen molar-refractivity contribution < 1.29 is 4.79 Å². The lowest BCUT2D eigenvalue weighted by Crippen LogP contribution is -2.39. The Balaban J connectivity index is 1.95. The van der Waals surface area contributed by atoms with E-state index in [2.05, 4.69) is 6.08 Å². The van der Waals surface area contributed by atoms with Crippen LogP contribution in [0.3, 0.4) is 0 Å². The quantitative estimate of drug-likeness (QED) is 0.536. The summed E-state index contributed by atoms with van der Waals surface area (Å²) < 4.78 is 0. The molecule has 3 rings (SSSR count). The Morgan fingerprint density at radius 3 is 2.86 bits per heavy atom. The first-order chi connectivity index (χ1) is 6.86. The van der Waals surface area contributed by atoms with E-state index in [0.717, 1.165) is 12.3 Å². The van der Waals surface area contributed by atoms with Crippen LogP contribution >= 0.6 is 0 Å². The molecule has 3 atom stereocenters. The van der Waals surface area contributed by atoms with Gasteiger partial charge in [-0.15, -0.1) is 0 Å². The fraction of sp³-hybridized carbons (Fsp3) is 0.769. The molecule has 76 valence electrons. The fourth-order valence-electron chi connectivity index (χ4n) is 3.69. The lowest BCUT2D eigenvalue weighted by molar-refractivity contribution is -0.130. The van der Waals surface area contributed by atoms with E-state index in [1.807, 2.05) is 0 Å². The van der Waals surface area contributed by atoms with Crippen LogP contribution in [0.15, 0.2) is 11.6 Å². The molecule has 1 heteroatoms. The molecule has 3 unspecified atom stereocenters. The summed E-state index contributed by atoms with van der Waals surface area (Å²) in [5.41, 5.74) is 1.54. The van der Waals surface area contributed by atoms with Crippen LogP contribution in [-0.4, -0.2) is 5.78 Å². The SMILES string of the molecule is O=C1C2CCCC1C1=CCCCC1C2. The number of hydrogen-bond acceptors (Lipinski definition) is 1. The van der Waals surface area contributed by atoms with E-state index in [-0.39, 0.29) is 0 Å². The fourth-order valence-corrected chi connectivity index (χ4v) is 3.69. The van der Waals surface area contributed by atoms with Crippen LogP contribution in [0.4, 0.5) is 0 Å². The molecule has 0 N–H and O–H groups in total. The Hall–Kier alpha value is -0.590. The van der Waals surface area contributed by atoms with Crippen molar-refractivity contribution in [3.63, 3.8) is 0 Å². The zero-order chi connectivity index (χ0) is 9.54. The van der Waals surface area contributed by atoms with E-state index >= 15 is 0 Å². The van der Waals surface area contributed by atoms with Crippen molar-refractivity contribution in [2.75, 3.05) is 0 Å². The predicted molar refractivity (Wildman–Crippen MR) is 55.9 cm³/mol. The highest BCUT2D eigenvalue weighted by Gasteiger charge is 2.42. The van der Waals surface area contributed by atoms with Crippen molar-refractivity contribution in [1.29, 1.82) is 0 Å². The minimum absolute atomic E-state index is 0.354. The van der Waals surface area contributed by atoms with Crippen LogP contribution in [0.5, 0.6) is 0 Å². The van der Waals surface area contributed by atoms with Crippen LogP contribution < -0.4 is 0 Å². The highest BCUT2D eigenvalue weighted by atomic mass is 16.1. The van der Waals surface area contributed by atoms with Gasteiger partial charge >= 0.3 is 0 Å². The molecule has 2 fully saturated rings. The molecule has 0 aromatic heterocycles. The van der Waals surface area contributed by atoms with Crippen molar-refractivity contribution in [3.8, 4) is 0 Å². The first-order valence-electron chi connectivity index (χ1n) is 6.10. The molecule has 0 radical (unpaired) electrons. The van der Waals surface area contributed by atoms with E-state index in [1.54, 1.807) is 0 Å². The van der Waals surface area contributed by atoms with Crippen molar-refractivity contribution in [2.24, 2.45) is 17.8 Å². The zero-order valence-corrected chi connectivity index (χ0v) is 8.67. The van der Waals surface area contributed by atoms with E-state index in [4.69, 9.17) is 0 Å². The van der Waals surface area contributed by atoms with Gasteiger partial charge in [0.15, 0.2) is 0 Å². The van der Waals surface area contributed by atoms with Gasteiger partial charge in [0.2, 0.25) is 0 Å². The molecule has 0 aromatic rings. The molecule has 2 bridgehead atoms. The number of fused-ring (bicyclic) bond motifs is 4. The molecule has 0 aliphatic heterocycles. The third kappa shape index (κ3) is 1.18. The summed E-state index contributed by atoms with van der Waals surface area (Å²) in [6, 6.07) is 0. The first-order valence-corrected chi connectivity index (χ1v) is 6.10. The minimum Gasteiger partial charge on any atom is -0.299 e. The summed E-state index contributed by atoms with van der Waals surface area (Å²) >= 11 is 0. The highest BCUT2D eigenvalue weighted by molar-refractivity contribution is 5.88. The number of hydrogen-bond donors (Lipinski definition) is 0. The summed E-state index contributed by atoms with van der Waals surface area (Å²) in [5.74, 6) is 2.17. The third-order valence-electron chi connectivity index (χ3n) is 4.37. The second-order valence-electron chi connectivity index (χ2n) is 5.15. The topological polar surface area (TPSA) is 17.1 Å². The van der Waals surface area contributed by atoms with Crippen molar-refractivity contribution in [3.05, 3.63) is 11.6 Å². The largest absolute Gasteiger partial charge is 0.299 e. The van der Waals surface area contributed by atoms with Crippen molar-refractivity contribution >= 4 is 5.78 Å². The maximum Gasteiger partial charge on any atom is 0.143 e. The number of allylic oxidation sites excluding steroid dienone is 2. The summed E-state index contributed by atoms with van der Waals surface area (Å²) in [7, 11) is 0. The lowest BCUT2D eigenvalue weighted by Gasteiger charge is -2.41. The summed E-state index contributed by atoms with van der Waals surface area (Å²) in [6.45, 7) is 0. The molecule has 0 aromatic carbocycles. The highest BCUT2D eigenvalue weighted by Crippen LogP contribution is 2.46. The third-order valence-corrected chi connectivity index (χ3v) is 4.37. The Labute approximate surface area is 85.6 Å². The smallest absolute Gasteiger partial charge is 0.143 e. The molecule has 3 aliphatic carbocycles. The number of Topliss-reactive ketones (excluding diaryl/α,β-unsaturated/α-hetero) is 1. The van der Waals surface area contributed by atoms with Crippen LogP contribution in [0.1, 0.15) is 44.9 Å². The van der Waals surface area contributed by atoms with Crippen LogP contribution in [-0.2, 0) is 4.79 Å². The lowest BCUT2D eigenvalue weighted by atomic mass is 9.62. The molecule has 1 nitrogen and oxygen atoms in total. The first kappa shape index (κ1) is 8.70. The average molecular weight is 190 g/mol. The van der Waals surface area contributed by atoms with Gasteiger partial charge in [0, 0.05) is 11.8 Å². The standard InChI is InChI=1S/C13H18O/c14-13-10-5-3-7-12(13)11-6-2-1-4-9(11)8-10/h6,9-10,12H,1-5,7-8H2. The summed E-state index contributed by atoms with van der Waals surface area (Å²) in [4.78, 5) is 12.0. The van der Waals surface area contributed by atoms with E-state index in [0.29, 0.717) is 17.6 Å². The van der Waals surface area contributed by atoms with Crippen molar-refractivity contribution in [2.45, 2.75) is 44.9 Å². The van der Waals surface area contributed by atoms with E-state index in [9.17, 15) is 4.79 Å². The van der Waals surface area contributed by atoms with Gasteiger partial charge in [-0.1, -0.05) is 18.1 Å². The molecule has 0 spiro atoms. The van der Waals surface area contributed by atoms with Crippen LogP contribution in [0.25, 0.3) is 0 Å². The van der Waals surface area contributed by atoms with Gasteiger partial charge in [-0.05, 0) is 44.4 Å². The maximum atomic E-state index is 12.0. The molecule has 2 saturated carbocycles. The Morgan fingerprint density at radius 2 is 1.93 bits per heavy atom. The second kappa shape index (κ2) is 3.22. The summed E-state index contributed by atoms with van der Waals surface area (Å²) in [5, 5.41) is 0. The van der Waals surface area contributed by atoms with Crippen LogP contribution in [0.2, 0.25) is 0 Å². The minimum atomic E-state index is 0.354. The molecular weight excluding hydrogens is 172 g/mol. The Kier molecular flexibility index (Phi) is 2.00. The summed E-state index contributed by atoms with van der Waals surface area (Å²) in [6.07, 6.45) is 11.1. The number of carbonyl (C=O) groups is 1. The van der Waals surface area contributed by atoms with Gasteiger partial charge < -0.3 is 0 Å². The van der Waals surface area contributed by atoms with Gasteiger partial charge in [-0.2, -0.15) is 0 Å². The normalized spacial score (nSPS) is 41.6. The van der Waals surface area contributed by atoms with E-state index < -0.39 is 0 Å². The number of ketones is 1.